The number of allylic oxidation sites excluding steroid dienone is 1. The molecule has 2 aromatic heterocycles. The first-order valence-electron chi connectivity index (χ1n) is 10.5. The van der Waals surface area contributed by atoms with Gasteiger partial charge in [-0.3, -0.25) is 4.72 Å². The zero-order chi connectivity index (χ0) is 24.3. The van der Waals surface area contributed by atoms with E-state index in [1.165, 1.54) is 0 Å². The highest BCUT2D eigenvalue weighted by Gasteiger charge is 2.17. The van der Waals surface area contributed by atoms with E-state index in [4.69, 9.17) is 0 Å². The largest absolute Gasteiger partial charge is 0.340 e. The van der Waals surface area contributed by atoms with Gasteiger partial charge in [0, 0.05) is 46.9 Å². The van der Waals surface area contributed by atoms with Crippen molar-refractivity contribution in [1.82, 2.24) is 24.2 Å². The fourth-order valence-electron chi connectivity index (χ4n) is 3.28. The number of sulfonamides is 1. The van der Waals surface area contributed by atoms with Crippen LogP contribution in [0.5, 0.6) is 0 Å². The Hall–Kier alpha value is -4.18. The molecule has 4 aromatic rings. The van der Waals surface area contributed by atoms with Crippen LogP contribution in [0.3, 0.4) is 0 Å². The monoisotopic (exact) mass is 475 g/mol. The number of nitrogens with one attached hydrogen (secondary N) is 3. The van der Waals surface area contributed by atoms with E-state index in [0.717, 1.165) is 16.9 Å². The Labute approximate surface area is 198 Å². The van der Waals surface area contributed by atoms with Crippen LogP contribution in [0.1, 0.15) is 18.1 Å². The number of benzene rings is 2. The maximum absolute atomic E-state index is 12.7. The minimum absolute atomic E-state index is 0.170. The second kappa shape index (κ2) is 9.36. The minimum Gasteiger partial charge on any atom is -0.340 e. The van der Waals surface area contributed by atoms with Crippen molar-refractivity contribution in [2.75, 3.05) is 10.6 Å². The van der Waals surface area contributed by atoms with Crippen LogP contribution in [0.25, 0.3) is 5.69 Å². The molecular weight excluding hydrogens is 450 g/mol. The summed E-state index contributed by atoms with van der Waals surface area (Å²) in [6, 6.07) is 12.9. The van der Waals surface area contributed by atoms with E-state index < -0.39 is 10.0 Å². The number of aryl methyl sites for hydroxylation is 2. The molecule has 0 spiro atoms. The summed E-state index contributed by atoms with van der Waals surface area (Å²) in [7, 11) is -3.72. The minimum atomic E-state index is -3.72. The van der Waals surface area contributed by atoms with Crippen LogP contribution < -0.4 is 15.4 Å². The van der Waals surface area contributed by atoms with Crippen molar-refractivity contribution in [3.8, 4) is 5.69 Å². The summed E-state index contributed by atoms with van der Waals surface area (Å²) in [5, 5.41) is 6.40. The highest BCUT2D eigenvalue weighted by Crippen LogP contribution is 2.25. The molecule has 2 aromatic carbocycles. The van der Waals surface area contributed by atoms with Gasteiger partial charge in [0.15, 0.2) is 0 Å². The number of imidazole rings is 1. The quantitative estimate of drug-likeness (QED) is 0.342. The molecule has 0 saturated carbocycles. The molecule has 0 saturated heterocycles. The average molecular weight is 476 g/mol. The van der Waals surface area contributed by atoms with Gasteiger partial charge in [-0.2, -0.15) is 4.98 Å². The van der Waals surface area contributed by atoms with Crippen molar-refractivity contribution in [3.63, 3.8) is 0 Å². The lowest BCUT2D eigenvalue weighted by atomic mass is 10.2. The van der Waals surface area contributed by atoms with Crippen LogP contribution in [0.2, 0.25) is 0 Å². The number of aromatic nitrogens is 4. The third-order valence-corrected chi connectivity index (χ3v) is 6.58. The molecule has 4 rings (SSSR count). The number of nitrogens with zero attached hydrogens (tertiary/aromatic N) is 4. The molecule has 2 heterocycles. The first-order chi connectivity index (χ1) is 16.2. The van der Waals surface area contributed by atoms with E-state index >= 15 is 0 Å². The highest BCUT2D eigenvalue weighted by molar-refractivity contribution is 7.89. The van der Waals surface area contributed by atoms with Gasteiger partial charge in [0.05, 0.1) is 11.2 Å². The van der Waals surface area contributed by atoms with Gasteiger partial charge in [0.2, 0.25) is 5.95 Å². The standard InChI is InChI=1S/C24H25N7O2S/c1-16(2)30-34(32,33)22-13-20(6-5-17(22)3)27-23-18(4)14-26-24(29-23)28-19-7-9-21(10-8-19)31-12-11-25-15-31/h5-15,30H,1H2,2-4H3,(H2,26,27,28,29). The maximum Gasteiger partial charge on any atom is 0.261 e. The predicted octanol–water partition coefficient (Wildman–Crippen LogP) is 4.58. The Bertz CT molecular complexity index is 1430. The van der Waals surface area contributed by atoms with Gasteiger partial charge in [-0.15, -0.1) is 0 Å². The van der Waals surface area contributed by atoms with Gasteiger partial charge in [0.25, 0.3) is 10.0 Å². The smallest absolute Gasteiger partial charge is 0.261 e. The zero-order valence-electron chi connectivity index (χ0n) is 19.1. The van der Waals surface area contributed by atoms with Crippen LogP contribution in [-0.4, -0.2) is 27.9 Å². The number of anilines is 4. The Morgan fingerprint density at radius 2 is 1.74 bits per heavy atom. The molecule has 34 heavy (non-hydrogen) atoms. The van der Waals surface area contributed by atoms with Crippen molar-refractivity contribution in [3.05, 3.63) is 90.8 Å². The maximum atomic E-state index is 12.7. The second-order valence-corrected chi connectivity index (χ2v) is 9.51. The molecule has 0 aliphatic carbocycles. The lowest BCUT2D eigenvalue weighted by molar-refractivity contribution is 0.588. The van der Waals surface area contributed by atoms with Crippen LogP contribution in [0, 0.1) is 13.8 Å². The molecule has 0 unspecified atom stereocenters. The fourth-order valence-corrected chi connectivity index (χ4v) is 4.62. The molecule has 0 atom stereocenters. The van der Waals surface area contributed by atoms with Gasteiger partial charge in [-0.25, -0.2) is 18.4 Å². The van der Waals surface area contributed by atoms with Gasteiger partial charge in [-0.1, -0.05) is 12.6 Å². The Morgan fingerprint density at radius 1 is 1.00 bits per heavy atom. The van der Waals surface area contributed by atoms with Crippen molar-refractivity contribution in [2.24, 2.45) is 0 Å². The van der Waals surface area contributed by atoms with Crippen LogP contribution in [0.4, 0.5) is 23.1 Å². The van der Waals surface area contributed by atoms with Gasteiger partial charge in [-0.05, 0) is 62.7 Å². The molecular formula is C24H25N7O2S. The van der Waals surface area contributed by atoms with E-state index in [-0.39, 0.29) is 4.90 Å². The molecule has 9 nitrogen and oxygen atoms in total. The van der Waals surface area contributed by atoms with Crippen molar-refractivity contribution < 1.29 is 8.42 Å². The van der Waals surface area contributed by atoms with Crippen molar-refractivity contribution in [2.45, 2.75) is 25.7 Å². The SMILES string of the molecule is C=C(C)NS(=O)(=O)c1cc(Nc2nc(Nc3ccc(-n4ccnc4)cc3)ncc2C)ccc1C. The second-order valence-electron chi connectivity index (χ2n) is 7.86. The predicted molar refractivity (Wildman–Crippen MR) is 133 cm³/mol. The molecule has 0 aliphatic heterocycles. The van der Waals surface area contributed by atoms with Crippen molar-refractivity contribution in [1.29, 1.82) is 0 Å². The lowest BCUT2D eigenvalue weighted by Crippen LogP contribution is -2.22. The first-order valence-corrected chi connectivity index (χ1v) is 11.9. The Kier molecular flexibility index (Phi) is 6.33. The summed E-state index contributed by atoms with van der Waals surface area (Å²) < 4.78 is 29.7. The normalized spacial score (nSPS) is 11.1. The third kappa shape index (κ3) is 5.24. The lowest BCUT2D eigenvalue weighted by Gasteiger charge is -2.14. The van der Waals surface area contributed by atoms with Gasteiger partial charge < -0.3 is 15.2 Å². The number of hydrogen-bond acceptors (Lipinski definition) is 7. The first kappa shape index (κ1) is 23.0. The van der Waals surface area contributed by atoms with Gasteiger partial charge in [0.1, 0.15) is 5.82 Å². The summed E-state index contributed by atoms with van der Waals surface area (Å²) in [5.74, 6) is 0.972. The van der Waals surface area contributed by atoms with Crippen LogP contribution in [0.15, 0.2) is 84.6 Å². The summed E-state index contributed by atoms with van der Waals surface area (Å²) >= 11 is 0. The zero-order valence-corrected chi connectivity index (χ0v) is 19.9. The van der Waals surface area contributed by atoms with Crippen LogP contribution in [-0.2, 0) is 10.0 Å². The topological polar surface area (TPSA) is 114 Å². The molecule has 0 amide bonds. The summed E-state index contributed by atoms with van der Waals surface area (Å²) in [6.07, 6.45) is 7.04. The third-order valence-electron chi connectivity index (χ3n) is 4.95. The number of hydrogen-bond donors (Lipinski definition) is 3. The summed E-state index contributed by atoms with van der Waals surface area (Å²) in [5.41, 5.74) is 4.18. The van der Waals surface area contributed by atoms with Crippen molar-refractivity contribution >= 4 is 33.2 Å². The molecule has 0 radical (unpaired) electrons. The molecule has 0 aliphatic rings. The van der Waals surface area contributed by atoms with E-state index in [9.17, 15) is 8.42 Å². The summed E-state index contributed by atoms with van der Waals surface area (Å²) in [6.45, 7) is 8.84. The molecule has 0 fully saturated rings. The summed E-state index contributed by atoms with van der Waals surface area (Å²) in [4.78, 5) is 13.2. The average Bonchev–Trinajstić information content (AvgIpc) is 3.32. The highest BCUT2D eigenvalue weighted by atomic mass is 32.2. The number of rotatable bonds is 8. The van der Waals surface area contributed by atoms with E-state index in [2.05, 4.69) is 36.9 Å². The fraction of sp³-hybridized carbons (Fsp3) is 0.125. The van der Waals surface area contributed by atoms with Gasteiger partial charge >= 0.3 is 0 Å². The molecule has 3 N–H and O–H groups in total. The molecule has 0 bridgehead atoms. The molecule has 174 valence electrons. The Morgan fingerprint density at radius 3 is 2.41 bits per heavy atom. The van der Waals surface area contributed by atoms with E-state index in [1.54, 1.807) is 50.8 Å². The Balaban J connectivity index is 1.55. The van der Waals surface area contributed by atoms with Crippen LogP contribution >= 0.6 is 0 Å². The van der Waals surface area contributed by atoms with E-state index in [1.807, 2.05) is 42.0 Å². The molecule has 10 heteroatoms. The van der Waals surface area contributed by atoms with E-state index in [0.29, 0.717) is 28.7 Å².